The number of nitrogens with two attached hydrogens (primary N) is 1. The third kappa shape index (κ3) is 3.20. The second-order valence-corrected chi connectivity index (χ2v) is 5.16. The predicted octanol–water partition coefficient (Wildman–Crippen LogP) is 1.29. The number of fused-ring (bicyclic) bond motifs is 1. The molecule has 0 bridgehead atoms. The number of nitrogens with zero attached hydrogens (tertiary/aromatic N) is 5. The van der Waals surface area contributed by atoms with Crippen molar-refractivity contribution in [2.75, 3.05) is 5.73 Å². The van der Waals surface area contributed by atoms with Gasteiger partial charge < -0.3 is 11.1 Å². The maximum absolute atomic E-state index is 12.7. The van der Waals surface area contributed by atoms with Crippen LogP contribution in [0.1, 0.15) is 21.7 Å². The van der Waals surface area contributed by atoms with Crippen LogP contribution in [-0.2, 0) is 19.8 Å². The average Bonchev–Trinajstić information content (AvgIpc) is 2.87. The van der Waals surface area contributed by atoms with Crippen molar-refractivity contribution in [3.63, 3.8) is 0 Å². The van der Waals surface area contributed by atoms with Gasteiger partial charge in [-0.05, 0) is 17.7 Å². The van der Waals surface area contributed by atoms with Gasteiger partial charge in [0.15, 0.2) is 5.69 Å². The Hall–Kier alpha value is -3.24. The largest absolute Gasteiger partial charge is 0.433 e. The molecule has 3 rings (SSSR count). The molecule has 3 N–H and O–H groups in total. The number of halogens is 3. The minimum atomic E-state index is -4.55. The minimum Gasteiger partial charge on any atom is -0.382 e. The van der Waals surface area contributed by atoms with E-state index in [0.717, 1.165) is 12.3 Å². The van der Waals surface area contributed by atoms with Crippen molar-refractivity contribution < 1.29 is 18.0 Å². The number of alkyl halides is 3. The third-order valence-electron chi connectivity index (χ3n) is 3.45. The SMILES string of the molecule is Cn1nc2c(C(=O)NCc3ccnc(C(F)(F)F)c3)ncnc2c1N. The van der Waals surface area contributed by atoms with Crippen molar-refractivity contribution in [3.05, 3.63) is 41.6 Å². The molecule has 1 amide bonds. The highest BCUT2D eigenvalue weighted by molar-refractivity contribution is 6.04. The number of carbonyl (C=O) groups excluding carboxylic acids is 1. The van der Waals surface area contributed by atoms with Crippen molar-refractivity contribution in [2.24, 2.45) is 7.05 Å². The van der Waals surface area contributed by atoms with Crippen molar-refractivity contribution in [3.8, 4) is 0 Å². The van der Waals surface area contributed by atoms with Gasteiger partial charge in [-0.3, -0.25) is 14.5 Å². The summed E-state index contributed by atoms with van der Waals surface area (Å²) in [5, 5.41) is 6.58. The lowest BCUT2D eigenvalue weighted by Gasteiger charge is -2.08. The van der Waals surface area contributed by atoms with Crippen LogP contribution in [-0.4, -0.2) is 30.6 Å². The van der Waals surface area contributed by atoms with Gasteiger partial charge in [0.25, 0.3) is 5.91 Å². The van der Waals surface area contributed by atoms with Crippen LogP contribution in [0.2, 0.25) is 0 Å². The Morgan fingerprint density at radius 3 is 2.76 bits per heavy atom. The molecule has 0 fully saturated rings. The van der Waals surface area contributed by atoms with Crippen LogP contribution in [0.4, 0.5) is 19.0 Å². The molecule has 0 saturated heterocycles. The summed E-state index contributed by atoms with van der Waals surface area (Å²) >= 11 is 0. The number of nitrogen functional groups attached to an aromatic ring is 1. The molecule has 0 spiro atoms. The predicted molar refractivity (Wildman–Crippen MR) is 81.1 cm³/mol. The van der Waals surface area contributed by atoms with E-state index in [4.69, 9.17) is 5.73 Å². The molecular weight excluding hydrogens is 339 g/mol. The molecule has 25 heavy (non-hydrogen) atoms. The lowest BCUT2D eigenvalue weighted by molar-refractivity contribution is -0.141. The van der Waals surface area contributed by atoms with Crippen LogP contribution < -0.4 is 11.1 Å². The van der Waals surface area contributed by atoms with E-state index in [1.54, 1.807) is 7.05 Å². The van der Waals surface area contributed by atoms with Gasteiger partial charge in [-0.1, -0.05) is 0 Å². The molecule has 0 saturated carbocycles. The van der Waals surface area contributed by atoms with Crippen molar-refractivity contribution >= 4 is 22.8 Å². The average molecular weight is 351 g/mol. The van der Waals surface area contributed by atoms with Gasteiger partial charge in [0.2, 0.25) is 0 Å². The van der Waals surface area contributed by atoms with Gasteiger partial charge >= 0.3 is 6.18 Å². The van der Waals surface area contributed by atoms with E-state index in [0.29, 0.717) is 5.52 Å². The quantitative estimate of drug-likeness (QED) is 0.735. The number of nitrogens with one attached hydrogen (secondary N) is 1. The van der Waals surface area contributed by atoms with Gasteiger partial charge in [0.05, 0.1) is 0 Å². The maximum Gasteiger partial charge on any atom is 0.433 e. The number of hydrogen-bond acceptors (Lipinski definition) is 6. The number of amides is 1. The van der Waals surface area contributed by atoms with Gasteiger partial charge in [0.1, 0.15) is 28.9 Å². The molecule has 0 atom stereocenters. The van der Waals surface area contributed by atoms with Gasteiger partial charge in [-0.2, -0.15) is 18.3 Å². The van der Waals surface area contributed by atoms with Crippen molar-refractivity contribution in [1.82, 2.24) is 30.0 Å². The molecule has 0 radical (unpaired) electrons. The van der Waals surface area contributed by atoms with E-state index in [9.17, 15) is 18.0 Å². The Kier molecular flexibility index (Phi) is 3.99. The summed E-state index contributed by atoms with van der Waals surface area (Å²) < 4.78 is 39.3. The summed E-state index contributed by atoms with van der Waals surface area (Å²) in [6.07, 6.45) is -2.35. The van der Waals surface area contributed by atoms with Crippen LogP contribution >= 0.6 is 0 Å². The fraction of sp³-hybridized carbons (Fsp3) is 0.214. The Bertz CT molecular complexity index is 951. The van der Waals surface area contributed by atoms with E-state index in [1.165, 1.54) is 17.1 Å². The molecule has 0 aliphatic carbocycles. The Labute approximate surface area is 138 Å². The van der Waals surface area contributed by atoms with Gasteiger partial charge in [0, 0.05) is 19.8 Å². The van der Waals surface area contributed by atoms with Crippen molar-refractivity contribution in [2.45, 2.75) is 12.7 Å². The monoisotopic (exact) mass is 351 g/mol. The third-order valence-corrected chi connectivity index (χ3v) is 3.45. The van der Waals surface area contributed by atoms with Gasteiger partial charge in [-0.25, -0.2) is 9.97 Å². The molecule has 0 aromatic carbocycles. The van der Waals surface area contributed by atoms with E-state index < -0.39 is 17.8 Å². The molecular formula is C14H12F3N7O. The first-order valence-electron chi connectivity index (χ1n) is 7.01. The van der Waals surface area contributed by atoms with Crippen LogP contribution in [0.25, 0.3) is 11.0 Å². The zero-order valence-electron chi connectivity index (χ0n) is 12.9. The Morgan fingerprint density at radius 1 is 1.28 bits per heavy atom. The molecule has 0 unspecified atom stereocenters. The summed E-state index contributed by atoms with van der Waals surface area (Å²) in [7, 11) is 1.59. The van der Waals surface area contributed by atoms with Crippen LogP contribution in [0.5, 0.6) is 0 Å². The van der Waals surface area contributed by atoms with E-state index >= 15 is 0 Å². The smallest absolute Gasteiger partial charge is 0.382 e. The van der Waals surface area contributed by atoms with Crippen LogP contribution in [0.15, 0.2) is 24.7 Å². The summed E-state index contributed by atoms with van der Waals surface area (Å²) in [5.41, 5.74) is 5.55. The number of aryl methyl sites for hydroxylation is 1. The molecule has 3 heterocycles. The zero-order chi connectivity index (χ0) is 18.2. The number of aromatic nitrogens is 5. The summed E-state index contributed by atoms with van der Waals surface area (Å²) in [6, 6.07) is 2.25. The number of rotatable bonds is 3. The second kappa shape index (κ2) is 6.00. The number of hydrogen-bond donors (Lipinski definition) is 2. The summed E-state index contributed by atoms with van der Waals surface area (Å²) in [6.45, 7) is -0.127. The number of carbonyl (C=O) groups is 1. The van der Waals surface area contributed by atoms with E-state index in [2.05, 4.69) is 25.4 Å². The lowest BCUT2D eigenvalue weighted by Crippen LogP contribution is -2.24. The zero-order valence-corrected chi connectivity index (χ0v) is 12.9. The van der Waals surface area contributed by atoms with E-state index in [-0.39, 0.29) is 29.1 Å². The number of pyridine rings is 1. The van der Waals surface area contributed by atoms with Crippen LogP contribution in [0, 0.1) is 0 Å². The maximum atomic E-state index is 12.7. The molecule has 0 aliphatic heterocycles. The highest BCUT2D eigenvalue weighted by Gasteiger charge is 2.32. The summed E-state index contributed by atoms with van der Waals surface area (Å²) in [5.74, 6) is -0.328. The second-order valence-electron chi connectivity index (χ2n) is 5.16. The summed E-state index contributed by atoms with van der Waals surface area (Å²) in [4.78, 5) is 23.4. The highest BCUT2D eigenvalue weighted by atomic mass is 19.4. The Balaban J connectivity index is 1.81. The Morgan fingerprint density at radius 2 is 2.04 bits per heavy atom. The standard InChI is InChI=1S/C14H12F3N7O/c1-24-12(18)10-9(23-24)11(22-6-21-10)13(25)20-5-7-2-3-19-8(4-7)14(15,16)17/h2-4,6H,5,18H2,1H3,(H,20,25). The first kappa shape index (κ1) is 16.6. The fourth-order valence-corrected chi connectivity index (χ4v) is 2.19. The lowest BCUT2D eigenvalue weighted by atomic mass is 10.2. The molecule has 8 nitrogen and oxygen atoms in total. The fourth-order valence-electron chi connectivity index (χ4n) is 2.19. The molecule has 0 aliphatic rings. The first-order chi connectivity index (χ1) is 11.8. The topological polar surface area (TPSA) is 112 Å². The van der Waals surface area contributed by atoms with Crippen molar-refractivity contribution in [1.29, 1.82) is 0 Å². The minimum absolute atomic E-state index is 0.0117. The normalized spacial score (nSPS) is 11.7. The van der Waals surface area contributed by atoms with E-state index in [1.807, 2.05) is 0 Å². The molecule has 3 aromatic heterocycles. The van der Waals surface area contributed by atoms with Gasteiger partial charge in [-0.15, -0.1) is 0 Å². The molecule has 3 aromatic rings. The van der Waals surface area contributed by atoms with Crippen LogP contribution in [0.3, 0.4) is 0 Å². The first-order valence-corrected chi connectivity index (χ1v) is 7.01. The highest BCUT2D eigenvalue weighted by Crippen LogP contribution is 2.27. The molecule has 130 valence electrons. The number of anilines is 1. The molecule has 11 heteroatoms.